The monoisotopic (exact) mass is 245 g/mol. The molecule has 1 heterocycles. The number of fused-ring (bicyclic) bond motifs is 4. The molecule has 0 saturated carbocycles. The first-order valence-electron chi connectivity index (χ1n) is 6.87. The summed E-state index contributed by atoms with van der Waals surface area (Å²) in [5, 5.41) is 0. The van der Waals surface area contributed by atoms with E-state index in [4.69, 9.17) is 4.74 Å². The number of aryl methyl sites for hydroxylation is 2. The van der Waals surface area contributed by atoms with Crippen molar-refractivity contribution in [3.05, 3.63) is 34.4 Å². The SMILES string of the molecule is COCCC12CN(C)CC1c1cc(C)c(C)cc12. The number of methoxy groups -OCH3 is 1. The standard InChI is InChI=1S/C16H23NO/c1-11-7-13-14(8-12(11)2)16(5-6-18-4)10-17(3)9-15(13)16/h7-8,15H,5-6,9-10H2,1-4H3. The minimum Gasteiger partial charge on any atom is -0.385 e. The molecule has 2 heteroatoms. The van der Waals surface area contributed by atoms with E-state index < -0.39 is 0 Å². The lowest BCUT2D eigenvalue weighted by Crippen LogP contribution is -2.44. The van der Waals surface area contributed by atoms with E-state index in [2.05, 4.69) is 37.9 Å². The summed E-state index contributed by atoms with van der Waals surface area (Å²) in [6.07, 6.45) is 1.16. The number of benzene rings is 1. The van der Waals surface area contributed by atoms with Gasteiger partial charge in [-0.1, -0.05) is 12.1 Å². The molecule has 1 fully saturated rings. The second kappa shape index (κ2) is 4.07. The number of rotatable bonds is 3. The van der Waals surface area contributed by atoms with E-state index in [0.717, 1.165) is 18.9 Å². The van der Waals surface area contributed by atoms with Gasteiger partial charge in [0.15, 0.2) is 0 Å². The van der Waals surface area contributed by atoms with Gasteiger partial charge in [0.1, 0.15) is 0 Å². The molecule has 0 radical (unpaired) electrons. The zero-order valence-corrected chi connectivity index (χ0v) is 11.9. The van der Waals surface area contributed by atoms with Gasteiger partial charge in [0.25, 0.3) is 0 Å². The van der Waals surface area contributed by atoms with Crippen molar-refractivity contribution >= 4 is 0 Å². The Morgan fingerprint density at radius 2 is 2.06 bits per heavy atom. The van der Waals surface area contributed by atoms with E-state index in [0.29, 0.717) is 5.41 Å². The molecule has 0 aromatic heterocycles. The molecule has 98 valence electrons. The van der Waals surface area contributed by atoms with Crippen LogP contribution in [0, 0.1) is 13.8 Å². The molecule has 1 aromatic rings. The maximum atomic E-state index is 5.34. The van der Waals surface area contributed by atoms with E-state index in [9.17, 15) is 0 Å². The Kier molecular flexibility index (Phi) is 2.76. The lowest BCUT2D eigenvalue weighted by Gasteiger charge is -2.47. The van der Waals surface area contributed by atoms with Crippen LogP contribution in [0.15, 0.2) is 12.1 Å². The third-order valence-corrected chi connectivity index (χ3v) is 5.04. The van der Waals surface area contributed by atoms with E-state index >= 15 is 0 Å². The first kappa shape index (κ1) is 12.2. The summed E-state index contributed by atoms with van der Waals surface area (Å²) in [7, 11) is 4.05. The number of hydrogen-bond acceptors (Lipinski definition) is 2. The van der Waals surface area contributed by atoms with Gasteiger partial charge in [0, 0.05) is 38.1 Å². The molecule has 0 spiro atoms. The molecule has 0 bridgehead atoms. The zero-order chi connectivity index (χ0) is 12.9. The molecule has 1 saturated heterocycles. The van der Waals surface area contributed by atoms with Gasteiger partial charge in [-0.05, 0) is 49.6 Å². The van der Waals surface area contributed by atoms with Gasteiger partial charge < -0.3 is 9.64 Å². The van der Waals surface area contributed by atoms with E-state index in [1.165, 1.54) is 24.2 Å². The van der Waals surface area contributed by atoms with Gasteiger partial charge in [0.05, 0.1) is 0 Å². The topological polar surface area (TPSA) is 12.5 Å². The van der Waals surface area contributed by atoms with Crippen molar-refractivity contribution < 1.29 is 4.74 Å². The summed E-state index contributed by atoms with van der Waals surface area (Å²) in [6.45, 7) is 7.72. The summed E-state index contributed by atoms with van der Waals surface area (Å²) < 4.78 is 5.34. The maximum Gasteiger partial charge on any atom is 0.0471 e. The van der Waals surface area contributed by atoms with Gasteiger partial charge >= 0.3 is 0 Å². The molecule has 2 atom stereocenters. The van der Waals surface area contributed by atoms with E-state index in [1.54, 1.807) is 11.1 Å². The fraction of sp³-hybridized carbons (Fsp3) is 0.625. The highest BCUT2D eigenvalue weighted by atomic mass is 16.5. The fourth-order valence-electron chi connectivity index (χ4n) is 3.96. The summed E-state index contributed by atoms with van der Waals surface area (Å²) in [5.74, 6) is 0.729. The van der Waals surface area contributed by atoms with Crippen LogP contribution in [-0.4, -0.2) is 38.8 Å². The van der Waals surface area contributed by atoms with Gasteiger partial charge in [-0.15, -0.1) is 0 Å². The van der Waals surface area contributed by atoms with E-state index in [1.807, 2.05) is 7.11 Å². The Labute approximate surface area is 110 Å². The van der Waals surface area contributed by atoms with Crippen LogP contribution in [-0.2, 0) is 10.2 Å². The van der Waals surface area contributed by atoms with Crippen LogP contribution >= 0.6 is 0 Å². The average Bonchev–Trinajstić information content (AvgIpc) is 2.63. The number of hydrogen-bond donors (Lipinski definition) is 0. The largest absolute Gasteiger partial charge is 0.385 e. The molecule has 2 aliphatic rings. The summed E-state index contributed by atoms with van der Waals surface area (Å²) in [4.78, 5) is 2.48. The molecule has 0 amide bonds. The first-order chi connectivity index (χ1) is 8.58. The van der Waals surface area contributed by atoms with Crippen molar-refractivity contribution in [3.63, 3.8) is 0 Å². The highest BCUT2D eigenvalue weighted by Gasteiger charge is 2.55. The number of likely N-dealkylation sites (N-methyl/N-ethyl adjacent to an activating group) is 1. The minimum absolute atomic E-state index is 0.374. The highest BCUT2D eigenvalue weighted by molar-refractivity contribution is 5.55. The molecule has 1 aliphatic carbocycles. The molecule has 18 heavy (non-hydrogen) atoms. The highest BCUT2D eigenvalue weighted by Crippen LogP contribution is 2.58. The predicted octanol–water partition coefficient (Wildman–Crippen LogP) is 2.62. The lowest BCUT2D eigenvalue weighted by molar-refractivity contribution is 0.155. The van der Waals surface area contributed by atoms with Crippen LogP contribution in [0.4, 0.5) is 0 Å². The van der Waals surface area contributed by atoms with Gasteiger partial charge in [-0.3, -0.25) is 0 Å². The Morgan fingerprint density at radius 1 is 1.33 bits per heavy atom. The maximum absolute atomic E-state index is 5.34. The normalized spacial score (nSPS) is 29.9. The van der Waals surface area contributed by atoms with Crippen LogP contribution < -0.4 is 0 Å². The second-order valence-electron chi connectivity index (χ2n) is 6.17. The Hall–Kier alpha value is -0.860. The zero-order valence-electron chi connectivity index (χ0n) is 11.9. The number of nitrogens with zero attached hydrogens (tertiary/aromatic N) is 1. The Morgan fingerprint density at radius 3 is 2.78 bits per heavy atom. The third kappa shape index (κ3) is 1.49. The summed E-state index contributed by atoms with van der Waals surface area (Å²) >= 11 is 0. The molecule has 1 aliphatic heterocycles. The molecule has 1 aromatic carbocycles. The fourth-order valence-corrected chi connectivity index (χ4v) is 3.96. The summed E-state index contributed by atoms with van der Waals surface area (Å²) in [6, 6.07) is 4.84. The lowest BCUT2D eigenvalue weighted by atomic mass is 9.56. The summed E-state index contributed by atoms with van der Waals surface area (Å²) in [5.41, 5.74) is 6.43. The number of ether oxygens (including phenoxy) is 1. The molecule has 0 N–H and O–H groups in total. The molecule has 2 nitrogen and oxygen atoms in total. The van der Waals surface area contributed by atoms with Crippen molar-refractivity contribution in [2.75, 3.05) is 33.9 Å². The van der Waals surface area contributed by atoms with Crippen molar-refractivity contribution in [2.24, 2.45) is 0 Å². The third-order valence-electron chi connectivity index (χ3n) is 5.04. The molecular weight excluding hydrogens is 222 g/mol. The van der Waals surface area contributed by atoms with Gasteiger partial charge in [-0.2, -0.15) is 0 Å². The Balaban J connectivity index is 2.02. The first-order valence-corrected chi connectivity index (χ1v) is 6.87. The van der Waals surface area contributed by atoms with Crippen molar-refractivity contribution in [1.29, 1.82) is 0 Å². The molecular formula is C16H23NO. The van der Waals surface area contributed by atoms with Crippen molar-refractivity contribution in [2.45, 2.75) is 31.6 Å². The number of likely N-dealkylation sites (tertiary alicyclic amines) is 1. The predicted molar refractivity (Wildman–Crippen MR) is 74.3 cm³/mol. The molecule has 3 rings (SSSR count). The second-order valence-corrected chi connectivity index (χ2v) is 6.17. The van der Waals surface area contributed by atoms with Crippen LogP contribution in [0.2, 0.25) is 0 Å². The van der Waals surface area contributed by atoms with Crippen LogP contribution in [0.3, 0.4) is 0 Å². The van der Waals surface area contributed by atoms with Crippen molar-refractivity contribution in [3.8, 4) is 0 Å². The van der Waals surface area contributed by atoms with Crippen molar-refractivity contribution in [1.82, 2.24) is 4.90 Å². The van der Waals surface area contributed by atoms with E-state index in [-0.39, 0.29) is 0 Å². The quantitative estimate of drug-likeness (QED) is 0.811. The van der Waals surface area contributed by atoms with Gasteiger partial charge in [0.2, 0.25) is 0 Å². The smallest absolute Gasteiger partial charge is 0.0471 e. The molecule has 2 unspecified atom stereocenters. The van der Waals surface area contributed by atoms with Crippen LogP contribution in [0.1, 0.15) is 34.6 Å². The van der Waals surface area contributed by atoms with Crippen LogP contribution in [0.5, 0.6) is 0 Å². The van der Waals surface area contributed by atoms with Crippen LogP contribution in [0.25, 0.3) is 0 Å². The average molecular weight is 245 g/mol. The Bertz CT molecular complexity index is 482. The minimum atomic E-state index is 0.374. The van der Waals surface area contributed by atoms with Gasteiger partial charge in [-0.25, -0.2) is 0 Å².